The highest BCUT2D eigenvalue weighted by Gasteiger charge is 2.28. The lowest BCUT2D eigenvalue weighted by Gasteiger charge is -2.09. The Bertz CT molecular complexity index is 613. The fourth-order valence-corrected chi connectivity index (χ4v) is 2.77. The number of rotatable bonds is 4. The van der Waals surface area contributed by atoms with Gasteiger partial charge in [-0.25, -0.2) is 9.97 Å². The van der Waals surface area contributed by atoms with Gasteiger partial charge in [0.1, 0.15) is 12.4 Å². The molecule has 5 heteroatoms. The minimum absolute atomic E-state index is 0.386. The summed E-state index contributed by atoms with van der Waals surface area (Å²) in [6.07, 6.45) is 6.70. The molecule has 1 aromatic carbocycles. The zero-order chi connectivity index (χ0) is 14.7. The van der Waals surface area contributed by atoms with Crippen LogP contribution in [0.5, 0.6) is 0 Å². The molecule has 0 bridgehead atoms. The molecule has 0 radical (unpaired) electrons. The van der Waals surface area contributed by atoms with E-state index >= 15 is 0 Å². The second-order valence-electron chi connectivity index (χ2n) is 5.43. The first-order valence-corrected chi connectivity index (χ1v) is 7.03. The van der Waals surface area contributed by atoms with Gasteiger partial charge in [-0.05, 0) is 36.4 Å². The van der Waals surface area contributed by atoms with Crippen LogP contribution in [0.25, 0.3) is 11.1 Å². The summed E-state index contributed by atoms with van der Waals surface area (Å²) in [5.41, 5.74) is 3.32. The largest absolute Gasteiger partial charge is 0.480 e. The predicted octanol–water partition coefficient (Wildman–Crippen LogP) is 1.75. The maximum absolute atomic E-state index is 10.9. The Morgan fingerprint density at radius 2 is 1.90 bits per heavy atom. The minimum Gasteiger partial charge on any atom is -0.480 e. The van der Waals surface area contributed by atoms with Crippen molar-refractivity contribution in [2.24, 2.45) is 5.92 Å². The molecule has 0 aliphatic carbocycles. The lowest BCUT2D eigenvalue weighted by atomic mass is 9.95. The number of aromatic nitrogens is 2. The average Bonchev–Trinajstić information content (AvgIpc) is 2.98. The quantitative estimate of drug-likeness (QED) is 0.894. The van der Waals surface area contributed by atoms with Gasteiger partial charge in [-0.3, -0.25) is 4.79 Å². The molecular formula is C16H17N3O2. The van der Waals surface area contributed by atoms with E-state index in [0.717, 1.165) is 24.1 Å². The van der Waals surface area contributed by atoms with Gasteiger partial charge in [0.25, 0.3) is 0 Å². The van der Waals surface area contributed by atoms with Gasteiger partial charge in [-0.1, -0.05) is 24.3 Å². The molecule has 21 heavy (non-hydrogen) atoms. The van der Waals surface area contributed by atoms with Gasteiger partial charge in [0.05, 0.1) is 0 Å². The number of carbonyl (C=O) groups is 1. The highest BCUT2D eigenvalue weighted by atomic mass is 16.4. The Morgan fingerprint density at radius 1 is 1.19 bits per heavy atom. The molecule has 2 atom stereocenters. The van der Waals surface area contributed by atoms with Crippen LogP contribution in [-0.4, -0.2) is 33.6 Å². The summed E-state index contributed by atoms with van der Waals surface area (Å²) in [6, 6.07) is 7.92. The van der Waals surface area contributed by atoms with Gasteiger partial charge in [0, 0.05) is 18.0 Å². The third-order valence-electron chi connectivity index (χ3n) is 3.89. The highest BCUT2D eigenvalue weighted by molar-refractivity contribution is 5.73. The van der Waals surface area contributed by atoms with Crippen molar-refractivity contribution in [3.05, 3.63) is 48.5 Å². The van der Waals surface area contributed by atoms with Crippen molar-refractivity contribution in [1.29, 1.82) is 0 Å². The third-order valence-corrected chi connectivity index (χ3v) is 3.89. The lowest BCUT2D eigenvalue weighted by Crippen LogP contribution is -2.29. The monoisotopic (exact) mass is 283 g/mol. The SMILES string of the molecule is O=C(O)[C@@H]1C[C@@H](Cc2ccc(-c3cncnc3)cc2)CN1. The Labute approximate surface area is 123 Å². The van der Waals surface area contributed by atoms with Crippen LogP contribution < -0.4 is 5.32 Å². The van der Waals surface area contributed by atoms with Gasteiger partial charge in [0.15, 0.2) is 0 Å². The van der Waals surface area contributed by atoms with Crippen LogP contribution in [0.4, 0.5) is 0 Å². The number of benzene rings is 1. The molecule has 5 nitrogen and oxygen atoms in total. The maximum atomic E-state index is 10.9. The summed E-state index contributed by atoms with van der Waals surface area (Å²) in [5, 5.41) is 12.0. The highest BCUT2D eigenvalue weighted by Crippen LogP contribution is 2.22. The van der Waals surface area contributed by atoms with E-state index < -0.39 is 12.0 Å². The molecule has 1 aliphatic rings. The average molecular weight is 283 g/mol. The standard InChI is InChI=1S/C16H17N3O2/c20-16(21)15-6-12(7-19-15)5-11-1-3-13(4-2-11)14-8-17-10-18-9-14/h1-4,8-10,12,15,19H,5-7H2,(H,20,21)/t12-,15+/m1/s1. The fourth-order valence-electron chi connectivity index (χ4n) is 2.77. The number of carboxylic acid groups (broad SMARTS) is 1. The van der Waals surface area contributed by atoms with E-state index in [1.807, 2.05) is 0 Å². The second kappa shape index (κ2) is 6.01. The molecule has 2 aromatic rings. The van der Waals surface area contributed by atoms with Crippen molar-refractivity contribution in [2.45, 2.75) is 18.9 Å². The molecule has 0 unspecified atom stereocenters. The summed E-state index contributed by atoms with van der Waals surface area (Å²) in [4.78, 5) is 19.0. The van der Waals surface area contributed by atoms with Gasteiger partial charge >= 0.3 is 5.97 Å². The minimum atomic E-state index is -0.753. The first-order valence-electron chi connectivity index (χ1n) is 7.03. The topological polar surface area (TPSA) is 75.1 Å². The summed E-state index contributed by atoms with van der Waals surface area (Å²) in [5.74, 6) is -0.367. The number of nitrogens with one attached hydrogen (secondary N) is 1. The van der Waals surface area contributed by atoms with Crippen LogP contribution in [0, 0.1) is 5.92 Å². The molecule has 0 amide bonds. The smallest absolute Gasteiger partial charge is 0.320 e. The molecule has 1 saturated heterocycles. The summed E-state index contributed by atoms with van der Waals surface area (Å²) >= 11 is 0. The van der Waals surface area contributed by atoms with Crippen molar-refractivity contribution in [2.75, 3.05) is 6.54 Å². The van der Waals surface area contributed by atoms with E-state index in [2.05, 4.69) is 39.6 Å². The number of hydrogen-bond acceptors (Lipinski definition) is 4. The van der Waals surface area contributed by atoms with Gasteiger partial charge in [0.2, 0.25) is 0 Å². The molecule has 0 spiro atoms. The lowest BCUT2D eigenvalue weighted by molar-refractivity contribution is -0.139. The van der Waals surface area contributed by atoms with Crippen molar-refractivity contribution in [1.82, 2.24) is 15.3 Å². The zero-order valence-corrected chi connectivity index (χ0v) is 11.6. The van der Waals surface area contributed by atoms with E-state index in [1.165, 1.54) is 11.9 Å². The third kappa shape index (κ3) is 3.25. The molecule has 1 fully saturated rings. The second-order valence-corrected chi connectivity index (χ2v) is 5.43. The van der Waals surface area contributed by atoms with Crippen LogP contribution in [0.15, 0.2) is 43.0 Å². The van der Waals surface area contributed by atoms with E-state index in [1.54, 1.807) is 12.4 Å². The van der Waals surface area contributed by atoms with Crippen LogP contribution >= 0.6 is 0 Å². The number of nitrogens with zero attached hydrogens (tertiary/aromatic N) is 2. The molecule has 2 N–H and O–H groups in total. The van der Waals surface area contributed by atoms with Crippen molar-refractivity contribution in [3.63, 3.8) is 0 Å². The van der Waals surface area contributed by atoms with Crippen LogP contribution in [-0.2, 0) is 11.2 Å². The zero-order valence-electron chi connectivity index (χ0n) is 11.6. The normalized spacial score (nSPS) is 21.3. The first-order chi connectivity index (χ1) is 10.2. The molecule has 2 heterocycles. The Morgan fingerprint density at radius 3 is 2.52 bits per heavy atom. The van der Waals surface area contributed by atoms with E-state index in [0.29, 0.717) is 12.3 Å². The number of hydrogen-bond donors (Lipinski definition) is 2. The predicted molar refractivity (Wildman–Crippen MR) is 78.7 cm³/mol. The maximum Gasteiger partial charge on any atom is 0.320 e. The molecule has 108 valence electrons. The molecule has 3 rings (SSSR count). The molecule has 1 aliphatic heterocycles. The van der Waals surface area contributed by atoms with E-state index in [-0.39, 0.29) is 0 Å². The summed E-state index contributed by atoms with van der Waals surface area (Å²) in [6.45, 7) is 0.769. The first kappa shape index (κ1) is 13.7. The number of carboxylic acids is 1. The van der Waals surface area contributed by atoms with E-state index in [4.69, 9.17) is 5.11 Å². The molecule has 0 saturated carbocycles. The van der Waals surface area contributed by atoms with Crippen LogP contribution in [0.1, 0.15) is 12.0 Å². The fraction of sp³-hybridized carbons (Fsp3) is 0.312. The molecule has 1 aromatic heterocycles. The van der Waals surface area contributed by atoms with Gasteiger partial charge < -0.3 is 10.4 Å². The Hall–Kier alpha value is -2.27. The van der Waals surface area contributed by atoms with Crippen molar-refractivity contribution >= 4 is 5.97 Å². The van der Waals surface area contributed by atoms with E-state index in [9.17, 15) is 4.79 Å². The van der Waals surface area contributed by atoms with Crippen LogP contribution in [0.3, 0.4) is 0 Å². The summed E-state index contributed by atoms with van der Waals surface area (Å²) < 4.78 is 0. The van der Waals surface area contributed by atoms with Crippen molar-refractivity contribution < 1.29 is 9.90 Å². The molecular weight excluding hydrogens is 266 g/mol. The Balaban J connectivity index is 1.64. The number of aliphatic carboxylic acids is 1. The van der Waals surface area contributed by atoms with Gasteiger partial charge in [-0.2, -0.15) is 0 Å². The summed E-state index contributed by atoms with van der Waals surface area (Å²) in [7, 11) is 0. The Kier molecular flexibility index (Phi) is 3.92. The van der Waals surface area contributed by atoms with Gasteiger partial charge in [-0.15, -0.1) is 0 Å². The van der Waals surface area contributed by atoms with Crippen LogP contribution in [0.2, 0.25) is 0 Å². The van der Waals surface area contributed by atoms with Crippen molar-refractivity contribution in [3.8, 4) is 11.1 Å².